The van der Waals surface area contributed by atoms with E-state index in [1.807, 2.05) is 45.0 Å². The van der Waals surface area contributed by atoms with Gasteiger partial charge in [0.2, 0.25) is 12.5 Å². The number of fused-ring (bicyclic) bond motifs is 3. The molecule has 270 valence electrons. The number of carbonyl (C=O) groups excluding carboxylic acids is 3. The summed E-state index contributed by atoms with van der Waals surface area (Å²) in [5.41, 5.74) is 1.02. The van der Waals surface area contributed by atoms with Crippen LogP contribution in [0.25, 0.3) is 0 Å². The summed E-state index contributed by atoms with van der Waals surface area (Å²) in [5.74, 6) is -0.894. The van der Waals surface area contributed by atoms with E-state index in [0.29, 0.717) is 40.7 Å². The van der Waals surface area contributed by atoms with Crippen LogP contribution in [0.15, 0.2) is 35.9 Å². The molecule has 1 saturated heterocycles. The predicted octanol–water partition coefficient (Wildman–Crippen LogP) is 4.82. The molecule has 1 fully saturated rings. The Morgan fingerprint density at radius 3 is 2.20 bits per heavy atom. The molecule has 0 aromatic heterocycles. The molecule has 0 bridgehead atoms. The molecule has 1 unspecified atom stereocenters. The van der Waals surface area contributed by atoms with Gasteiger partial charge in [0.15, 0.2) is 29.1 Å². The van der Waals surface area contributed by atoms with E-state index >= 15 is 0 Å². The topological polar surface area (TPSA) is 151 Å². The summed E-state index contributed by atoms with van der Waals surface area (Å²) in [4.78, 5) is 41.3. The molecule has 0 radical (unpaired) electrons. The van der Waals surface area contributed by atoms with Gasteiger partial charge in [0, 0.05) is 22.9 Å². The zero-order chi connectivity index (χ0) is 36.1. The summed E-state index contributed by atoms with van der Waals surface area (Å²) in [6.07, 6.45) is 1.66. The van der Waals surface area contributed by atoms with Gasteiger partial charge in [0.1, 0.15) is 0 Å². The highest BCUT2D eigenvalue weighted by atomic mass is 16.7. The van der Waals surface area contributed by atoms with Gasteiger partial charge in [0.25, 0.3) is 5.91 Å². The number of hydrogen-bond acceptors (Lipinski definition) is 12. The third kappa shape index (κ3) is 6.10. The number of amides is 1. The third-order valence-electron chi connectivity index (χ3n) is 10.2. The lowest BCUT2D eigenvalue weighted by atomic mass is 9.65. The number of methoxy groups -OCH3 is 3. The number of benzene rings is 2. The summed E-state index contributed by atoms with van der Waals surface area (Å²) in [6.45, 7) is 9.28. The molecule has 0 spiro atoms. The Morgan fingerprint density at radius 2 is 1.62 bits per heavy atom. The molecule has 5 atom stereocenters. The number of cyclic esters (lactones) is 1. The standard InChI is InChI=1S/C37H46N2O11/c1-9-10-24(50-34(41)20-15-36(2,3)39(43)37(4,5)16-20)33(40)38-31-22-14-26-25(48-18-49-26)13-21(22)29(30-23(31)17-47-35(30)42)19-11-27(44-6)32(46-8)28(12-19)45-7/h11-15,23-24,29-31,43H,9-10,16-18H2,1-8H3,(H,38,40)/t23-,24?,29+,30-,31+/m0/s1. The Labute approximate surface area is 291 Å². The first-order chi connectivity index (χ1) is 23.7. The van der Waals surface area contributed by atoms with E-state index < -0.39 is 58.8 Å². The molecule has 6 rings (SSSR count). The van der Waals surface area contributed by atoms with Crippen LogP contribution in [0.3, 0.4) is 0 Å². The minimum atomic E-state index is -1.10. The summed E-state index contributed by atoms with van der Waals surface area (Å²) in [7, 11) is 4.58. The van der Waals surface area contributed by atoms with Gasteiger partial charge >= 0.3 is 11.9 Å². The van der Waals surface area contributed by atoms with Crippen LogP contribution < -0.4 is 29.0 Å². The first-order valence-electron chi connectivity index (χ1n) is 16.9. The van der Waals surface area contributed by atoms with E-state index in [9.17, 15) is 19.6 Å². The SMILES string of the molecule is CCCC(OC(=O)C1=CC(C)(C)N(O)C(C)(C)C1)C(=O)N[C@@H]1c2cc3c(cc2[C@@H](c2cc(OC)c(OC)c(OC)c2)[C@H]2C(=O)OC[C@@H]21)OCO3. The van der Waals surface area contributed by atoms with Crippen LogP contribution in [0.2, 0.25) is 0 Å². The number of carbonyl (C=O) groups is 3. The molecular weight excluding hydrogens is 648 g/mol. The second kappa shape index (κ2) is 13.3. The Bertz CT molecular complexity index is 1690. The highest BCUT2D eigenvalue weighted by Gasteiger charge is 2.53. The molecule has 2 aromatic carbocycles. The fraction of sp³-hybridized carbons (Fsp3) is 0.541. The molecule has 1 aliphatic carbocycles. The normalized spacial score (nSPS) is 25.0. The number of ether oxygens (including phenoxy) is 7. The molecule has 2 N–H and O–H groups in total. The molecular formula is C37H46N2O11. The van der Waals surface area contributed by atoms with Crippen LogP contribution in [0.4, 0.5) is 0 Å². The highest BCUT2D eigenvalue weighted by Crippen LogP contribution is 2.55. The average molecular weight is 695 g/mol. The van der Waals surface area contributed by atoms with Crippen molar-refractivity contribution in [2.45, 2.75) is 83.0 Å². The van der Waals surface area contributed by atoms with E-state index in [2.05, 4.69) is 5.32 Å². The zero-order valence-electron chi connectivity index (χ0n) is 29.8. The lowest BCUT2D eigenvalue weighted by Gasteiger charge is -2.46. The van der Waals surface area contributed by atoms with Gasteiger partial charge in [-0.15, -0.1) is 0 Å². The number of esters is 2. The molecule has 13 nitrogen and oxygen atoms in total. The Balaban J connectivity index is 1.37. The average Bonchev–Trinajstić information content (AvgIpc) is 3.71. The second-order valence-electron chi connectivity index (χ2n) is 14.4. The predicted molar refractivity (Wildman–Crippen MR) is 179 cm³/mol. The number of hydroxylamine groups is 2. The van der Waals surface area contributed by atoms with Crippen molar-refractivity contribution in [1.82, 2.24) is 10.4 Å². The van der Waals surface area contributed by atoms with Crippen LogP contribution in [-0.2, 0) is 23.9 Å². The number of nitrogens with zero attached hydrogens (tertiary/aromatic N) is 1. The van der Waals surface area contributed by atoms with E-state index in [1.54, 1.807) is 19.9 Å². The first-order valence-corrected chi connectivity index (χ1v) is 16.9. The molecule has 2 aromatic rings. The van der Waals surface area contributed by atoms with Crippen molar-refractivity contribution < 1.29 is 52.7 Å². The van der Waals surface area contributed by atoms with Gasteiger partial charge in [-0.05, 0) is 81.5 Å². The van der Waals surface area contributed by atoms with E-state index in [1.165, 1.54) is 26.4 Å². The lowest BCUT2D eigenvalue weighted by Crippen LogP contribution is -2.56. The van der Waals surface area contributed by atoms with Crippen molar-refractivity contribution in [3.05, 3.63) is 52.6 Å². The maximum atomic E-state index is 14.1. The zero-order valence-corrected chi connectivity index (χ0v) is 29.8. The van der Waals surface area contributed by atoms with Gasteiger partial charge in [-0.3, -0.25) is 9.59 Å². The fourth-order valence-corrected chi connectivity index (χ4v) is 7.98. The van der Waals surface area contributed by atoms with E-state index in [0.717, 1.165) is 16.7 Å². The van der Waals surface area contributed by atoms with Gasteiger partial charge < -0.3 is 43.7 Å². The van der Waals surface area contributed by atoms with Crippen molar-refractivity contribution in [3.8, 4) is 28.7 Å². The van der Waals surface area contributed by atoms with Crippen LogP contribution in [0.1, 0.15) is 82.5 Å². The summed E-state index contributed by atoms with van der Waals surface area (Å²) in [5, 5.41) is 15.1. The molecule has 3 heterocycles. The maximum absolute atomic E-state index is 14.1. The number of rotatable bonds is 10. The highest BCUT2D eigenvalue weighted by molar-refractivity contribution is 5.92. The van der Waals surface area contributed by atoms with Crippen LogP contribution in [0.5, 0.6) is 28.7 Å². The smallest absolute Gasteiger partial charge is 0.334 e. The summed E-state index contributed by atoms with van der Waals surface area (Å²) in [6, 6.07) is 6.63. The second-order valence-corrected chi connectivity index (χ2v) is 14.4. The molecule has 1 amide bonds. The largest absolute Gasteiger partial charge is 0.493 e. The Morgan fingerprint density at radius 1 is 0.980 bits per heavy atom. The van der Waals surface area contributed by atoms with Crippen molar-refractivity contribution in [1.29, 1.82) is 0 Å². The van der Waals surface area contributed by atoms with Crippen LogP contribution in [0, 0.1) is 11.8 Å². The fourth-order valence-electron chi connectivity index (χ4n) is 7.98. The molecule has 13 heteroatoms. The van der Waals surface area contributed by atoms with Gasteiger partial charge in [-0.25, -0.2) is 4.79 Å². The number of nitrogens with one attached hydrogen (secondary N) is 1. The minimum Gasteiger partial charge on any atom is -0.493 e. The monoisotopic (exact) mass is 694 g/mol. The quantitative estimate of drug-likeness (QED) is 0.328. The van der Waals surface area contributed by atoms with Crippen LogP contribution >= 0.6 is 0 Å². The summed E-state index contributed by atoms with van der Waals surface area (Å²) < 4.78 is 40.0. The van der Waals surface area contributed by atoms with Gasteiger partial charge in [0.05, 0.1) is 45.4 Å². The Hall–Kier alpha value is -4.49. The minimum absolute atomic E-state index is 0.0328. The van der Waals surface area contributed by atoms with E-state index in [4.69, 9.17) is 33.2 Å². The van der Waals surface area contributed by atoms with Crippen molar-refractivity contribution in [2.24, 2.45) is 11.8 Å². The van der Waals surface area contributed by atoms with Crippen LogP contribution in [-0.4, -0.2) is 80.0 Å². The van der Waals surface area contributed by atoms with Gasteiger partial charge in [-0.2, -0.15) is 5.06 Å². The molecule has 3 aliphatic heterocycles. The Kier molecular flexibility index (Phi) is 9.42. The molecule has 4 aliphatic rings. The molecule has 0 saturated carbocycles. The maximum Gasteiger partial charge on any atom is 0.334 e. The number of hydrogen-bond donors (Lipinski definition) is 2. The first kappa shape index (κ1) is 35.3. The van der Waals surface area contributed by atoms with Crippen molar-refractivity contribution in [2.75, 3.05) is 34.7 Å². The lowest BCUT2D eigenvalue weighted by molar-refractivity contribution is -0.214. The third-order valence-corrected chi connectivity index (χ3v) is 10.2. The van der Waals surface area contributed by atoms with Crippen molar-refractivity contribution in [3.63, 3.8) is 0 Å². The van der Waals surface area contributed by atoms with Gasteiger partial charge in [-0.1, -0.05) is 19.4 Å². The van der Waals surface area contributed by atoms with E-state index in [-0.39, 0.29) is 26.2 Å². The summed E-state index contributed by atoms with van der Waals surface area (Å²) >= 11 is 0. The van der Waals surface area contributed by atoms with Crippen molar-refractivity contribution >= 4 is 17.8 Å². The molecule has 50 heavy (non-hydrogen) atoms.